The average Bonchev–Trinajstić information content (AvgIpc) is 3.00. The number of hydrogen-bond acceptors (Lipinski definition) is 5. The number of aromatic nitrogens is 4. The maximum absolute atomic E-state index is 12.2. The van der Waals surface area contributed by atoms with E-state index >= 15 is 0 Å². The first-order valence-electron chi connectivity index (χ1n) is 7.84. The van der Waals surface area contributed by atoms with Crippen molar-refractivity contribution < 1.29 is 9.53 Å². The maximum atomic E-state index is 12.2. The third-order valence-corrected chi connectivity index (χ3v) is 3.88. The number of carbonyl (C=O) groups is 1. The number of nitrogens with zero attached hydrogens (tertiary/aromatic N) is 5. The van der Waals surface area contributed by atoms with Gasteiger partial charge in [-0.05, 0) is 19.9 Å². The summed E-state index contributed by atoms with van der Waals surface area (Å²) in [6.45, 7) is 5.49. The number of rotatable bonds is 4. The zero-order valence-corrected chi connectivity index (χ0v) is 13.5. The second-order valence-electron chi connectivity index (χ2n) is 5.80. The number of hydrogen-bond donors (Lipinski definition) is 0. The molecule has 23 heavy (non-hydrogen) atoms. The van der Waals surface area contributed by atoms with Gasteiger partial charge in [0.1, 0.15) is 18.5 Å². The van der Waals surface area contributed by atoms with Gasteiger partial charge in [-0.2, -0.15) is 10.1 Å². The highest BCUT2D eigenvalue weighted by Gasteiger charge is 2.24. The molecule has 1 amide bonds. The molecule has 1 saturated heterocycles. The standard InChI is InChI=1S/C16H21N5O2/c1-12-10-15(19-13(2)18-12)23-14-4-8-20(9-5-14)16(22)11-21-7-3-6-17-21/h3,6-7,10,14H,4-5,8-9,11H2,1-2H3. The molecule has 0 radical (unpaired) electrons. The highest BCUT2D eigenvalue weighted by atomic mass is 16.5. The first-order chi connectivity index (χ1) is 11.1. The fourth-order valence-corrected chi connectivity index (χ4v) is 2.77. The number of ether oxygens (including phenoxy) is 1. The van der Waals surface area contributed by atoms with Gasteiger partial charge in [0.2, 0.25) is 11.8 Å². The second-order valence-corrected chi connectivity index (χ2v) is 5.80. The fraction of sp³-hybridized carbons (Fsp3) is 0.500. The fourth-order valence-electron chi connectivity index (χ4n) is 2.77. The zero-order chi connectivity index (χ0) is 16.2. The van der Waals surface area contributed by atoms with Crippen LogP contribution in [-0.4, -0.2) is 49.7 Å². The van der Waals surface area contributed by atoms with E-state index in [0.717, 1.165) is 18.5 Å². The van der Waals surface area contributed by atoms with Gasteiger partial charge in [-0.15, -0.1) is 0 Å². The van der Waals surface area contributed by atoms with Crippen molar-refractivity contribution in [2.75, 3.05) is 13.1 Å². The van der Waals surface area contributed by atoms with Crippen LogP contribution in [0.2, 0.25) is 0 Å². The summed E-state index contributed by atoms with van der Waals surface area (Å²) in [4.78, 5) is 22.6. The van der Waals surface area contributed by atoms with Crippen LogP contribution in [0, 0.1) is 13.8 Å². The largest absolute Gasteiger partial charge is 0.474 e. The molecule has 0 aliphatic carbocycles. The van der Waals surface area contributed by atoms with Crippen molar-refractivity contribution in [2.24, 2.45) is 0 Å². The molecule has 7 heteroatoms. The van der Waals surface area contributed by atoms with Gasteiger partial charge in [-0.3, -0.25) is 9.48 Å². The molecule has 0 saturated carbocycles. The summed E-state index contributed by atoms with van der Waals surface area (Å²) in [6.07, 6.45) is 5.20. The summed E-state index contributed by atoms with van der Waals surface area (Å²) in [6, 6.07) is 3.67. The monoisotopic (exact) mass is 315 g/mol. The van der Waals surface area contributed by atoms with Crippen molar-refractivity contribution in [3.63, 3.8) is 0 Å². The van der Waals surface area contributed by atoms with Crippen molar-refractivity contribution in [3.05, 3.63) is 36.0 Å². The van der Waals surface area contributed by atoms with E-state index in [9.17, 15) is 4.79 Å². The van der Waals surface area contributed by atoms with E-state index in [2.05, 4.69) is 15.1 Å². The topological polar surface area (TPSA) is 73.1 Å². The molecule has 7 nitrogen and oxygen atoms in total. The second kappa shape index (κ2) is 6.76. The van der Waals surface area contributed by atoms with Gasteiger partial charge in [-0.1, -0.05) is 0 Å². The van der Waals surface area contributed by atoms with Crippen LogP contribution >= 0.6 is 0 Å². The summed E-state index contributed by atoms with van der Waals surface area (Å²) in [5.41, 5.74) is 0.902. The molecule has 0 unspecified atom stereocenters. The van der Waals surface area contributed by atoms with E-state index in [0.29, 0.717) is 31.3 Å². The Morgan fingerprint density at radius 1 is 1.30 bits per heavy atom. The Bertz CT molecular complexity index is 643. The van der Waals surface area contributed by atoms with Crippen molar-refractivity contribution in [1.82, 2.24) is 24.6 Å². The van der Waals surface area contributed by atoms with Gasteiger partial charge in [0.05, 0.1) is 0 Å². The summed E-state index contributed by atoms with van der Waals surface area (Å²) >= 11 is 0. The Labute approximate surface area is 135 Å². The van der Waals surface area contributed by atoms with Crippen LogP contribution < -0.4 is 4.74 Å². The highest BCUT2D eigenvalue weighted by Crippen LogP contribution is 2.18. The quantitative estimate of drug-likeness (QED) is 0.852. The third kappa shape index (κ3) is 4.06. The van der Waals surface area contributed by atoms with E-state index in [-0.39, 0.29) is 12.0 Å². The van der Waals surface area contributed by atoms with Crippen LogP contribution in [0.1, 0.15) is 24.4 Å². The van der Waals surface area contributed by atoms with Crippen LogP contribution in [0.15, 0.2) is 24.5 Å². The predicted octanol–water partition coefficient (Wildman–Crippen LogP) is 1.36. The molecule has 3 heterocycles. The molecule has 1 aliphatic heterocycles. The van der Waals surface area contributed by atoms with E-state index < -0.39 is 0 Å². The van der Waals surface area contributed by atoms with Crippen molar-refractivity contribution in [2.45, 2.75) is 39.3 Å². The number of likely N-dealkylation sites (tertiary alicyclic amines) is 1. The Balaban J connectivity index is 1.51. The summed E-state index contributed by atoms with van der Waals surface area (Å²) in [7, 11) is 0. The summed E-state index contributed by atoms with van der Waals surface area (Å²) in [5.74, 6) is 1.43. The lowest BCUT2D eigenvalue weighted by Crippen LogP contribution is -2.43. The molecule has 0 aromatic carbocycles. The molecule has 0 N–H and O–H groups in total. The lowest BCUT2D eigenvalue weighted by atomic mass is 10.1. The van der Waals surface area contributed by atoms with Crippen LogP contribution in [0.4, 0.5) is 0 Å². The average molecular weight is 315 g/mol. The molecule has 0 spiro atoms. The predicted molar refractivity (Wildman–Crippen MR) is 84.0 cm³/mol. The molecule has 2 aromatic rings. The van der Waals surface area contributed by atoms with Gasteiger partial charge in [-0.25, -0.2) is 4.98 Å². The van der Waals surface area contributed by atoms with E-state index in [1.165, 1.54) is 0 Å². The number of carbonyl (C=O) groups excluding carboxylic acids is 1. The SMILES string of the molecule is Cc1cc(OC2CCN(C(=O)Cn3cccn3)CC2)nc(C)n1. The van der Waals surface area contributed by atoms with E-state index in [1.54, 1.807) is 17.1 Å². The maximum Gasteiger partial charge on any atom is 0.244 e. The molecule has 0 atom stereocenters. The highest BCUT2D eigenvalue weighted by molar-refractivity contribution is 5.76. The summed E-state index contributed by atoms with van der Waals surface area (Å²) in [5, 5.41) is 4.07. The minimum atomic E-state index is 0.0949. The van der Waals surface area contributed by atoms with E-state index in [1.807, 2.05) is 30.9 Å². The molecular formula is C16H21N5O2. The number of amides is 1. The molecule has 1 aliphatic rings. The Hall–Kier alpha value is -2.44. The lowest BCUT2D eigenvalue weighted by Gasteiger charge is -2.32. The first-order valence-corrected chi connectivity index (χ1v) is 7.84. The summed E-state index contributed by atoms with van der Waals surface area (Å²) < 4.78 is 7.59. The molecule has 1 fully saturated rings. The smallest absolute Gasteiger partial charge is 0.244 e. The third-order valence-electron chi connectivity index (χ3n) is 3.88. The minimum Gasteiger partial charge on any atom is -0.474 e. The van der Waals surface area contributed by atoms with Gasteiger partial charge in [0.25, 0.3) is 0 Å². The number of aryl methyl sites for hydroxylation is 2. The Kier molecular flexibility index (Phi) is 4.55. The van der Waals surface area contributed by atoms with Crippen LogP contribution in [0.5, 0.6) is 5.88 Å². The number of piperidine rings is 1. The van der Waals surface area contributed by atoms with Crippen molar-refractivity contribution >= 4 is 5.91 Å². The van der Waals surface area contributed by atoms with E-state index in [4.69, 9.17) is 4.74 Å². The van der Waals surface area contributed by atoms with Crippen molar-refractivity contribution in [1.29, 1.82) is 0 Å². The van der Waals surface area contributed by atoms with Gasteiger partial charge >= 0.3 is 0 Å². The van der Waals surface area contributed by atoms with Crippen LogP contribution in [0.3, 0.4) is 0 Å². The molecule has 2 aromatic heterocycles. The minimum absolute atomic E-state index is 0.0949. The molecular weight excluding hydrogens is 294 g/mol. The molecule has 3 rings (SSSR count). The zero-order valence-electron chi connectivity index (χ0n) is 13.5. The molecule has 0 bridgehead atoms. The van der Waals surface area contributed by atoms with Crippen LogP contribution in [0.25, 0.3) is 0 Å². The lowest BCUT2D eigenvalue weighted by molar-refractivity contribution is -0.133. The Morgan fingerprint density at radius 3 is 2.74 bits per heavy atom. The van der Waals surface area contributed by atoms with Gasteiger partial charge < -0.3 is 9.64 Å². The van der Waals surface area contributed by atoms with Gasteiger partial charge in [0, 0.05) is 50.1 Å². The van der Waals surface area contributed by atoms with Crippen molar-refractivity contribution in [3.8, 4) is 5.88 Å². The molecule has 122 valence electrons. The first kappa shape index (κ1) is 15.5. The van der Waals surface area contributed by atoms with Gasteiger partial charge in [0.15, 0.2) is 0 Å². The van der Waals surface area contributed by atoms with Crippen LogP contribution in [-0.2, 0) is 11.3 Å². The normalized spacial score (nSPS) is 15.7. The Morgan fingerprint density at radius 2 is 2.09 bits per heavy atom.